The zero-order valence-corrected chi connectivity index (χ0v) is 13.7. The minimum absolute atomic E-state index is 0.0914. The van der Waals surface area contributed by atoms with E-state index in [1.165, 1.54) is 12.8 Å². The maximum Gasteiger partial charge on any atom is 0.244 e. The van der Waals surface area contributed by atoms with Gasteiger partial charge < -0.3 is 5.32 Å². The summed E-state index contributed by atoms with van der Waals surface area (Å²) < 4.78 is 29.6. The molecule has 2 aliphatic rings. The highest BCUT2D eigenvalue weighted by Crippen LogP contribution is 2.31. The molecule has 3 rings (SSSR count). The van der Waals surface area contributed by atoms with E-state index < -0.39 is 10.0 Å². The van der Waals surface area contributed by atoms with Gasteiger partial charge in [-0.15, -0.1) is 0 Å². The predicted octanol–water partition coefficient (Wildman–Crippen LogP) is 0.939. The van der Waals surface area contributed by atoms with Gasteiger partial charge in [-0.25, -0.2) is 13.1 Å². The Hall–Kier alpha value is -0.920. The Morgan fingerprint density at radius 1 is 1.33 bits per heavy atom. The highest BCUT2D eigenvalue weighted by Gasteiger charge is 2.38. The lowest BCUT2D eigenvalue weighted by atomic mass is 10.4. The third-order valence-electron chi connectivity index (χ3n) is 4.33. The van der Waals surface area contributed by atoms with E-state index in [0.29, 0.717) is 29.1 Å². The van der Waals surface area contributed by atoms with Gasteiger partial charge in [0, 0.05) is 18.6 Å². The van der Waals surface area contributed by atoms with Gasteiger partial charge >= 0.3 is 0 Å². The summed E-state index contributed by atoms with van der Waals surface area (Å²) in [6.07, 6.45) is 3.43. The van der Waals surface area contributed by atoms with Crippen molar-refractivity contribution in [3.8, 4) is 0 Å². The van der Waals surface area contributed by atoms with E-state index in [0.717, 1.165) is 18.7 Å². The van der Waals surface area contributed by atoms with Crippen molar-refractivity contribution in [2.24, 2.45) is 5.92 Å². The van der Waals surface area contributed by atoms with Crippen LogP contribution in [0, 0.1) is 19.8 Å². The highest BCUT2D eigenvalue weighted by atomic mass is 32.2. The number of aromatic nitrogens is 2. The second-order valence-electron chi connectivity index (χ2n) is 6.39. The summed E-state index contributed by atoms with van der Waals surface area (Å²) in [5, 5.41) is 7.82. The van der Waals surface area contributed by atoms with Crippen LogP contribution in [-0.2, 0) is 16.6 Å². The standard InChI is InChI=1S/C14H24N4O2S/c1-9-8-13(9)17-21(19,20)14-10(2)16-18(11(14)3)7-6-15-12-4-5-12/h9,12-13,15,17H,4-8H2,1-3H3. The molecule has 0 amide bonds. The van der Waals surface area contributed by atoms with Crippen LogP contribution in [0.15, 0.2) is 4.90 Å². The Labute approximate surface area is 126 Å². The van der Waals surface area contributed by atoms with Crippen molar-refractivity contribution >= 4 is 10.0 Å². The van der Waals surface area contributed by atoms with E-state index in [1.54, 1.807) is 11.6 Å². The molecular formula is C14H24N4O2S. The van der Waals surface area contributed by atoms with Gasteiger partial charge in [-0.05, 0) is 39.0 Å². The molecule has 2 aliphatic carbocycles. The average molecular weight is 312 g/mol. The average Bonchev–Trinajstić information content (AvgIpc) is 3.27. The molecule has 118 valence electrons. The summed E-state index contributed by atoms with van der Waals surface area (Å²) in [4.78, 5) is 0.355. The fourth-order valence-corrected chi connectivity index (χ4v) is 4.46. The third kappa shape index (κ3) is 3.30. The van der Waals surface area contributed by atoms with Crippen molar-refractivity contribution in [3.05, 3.63) is 11.4 Å². The zero-order valence-electron chi connectivity index (χ0n) is 12.9. The SMILES string of the molecule is Cc1nn(CCNC2CC2)c(C)c1S(=O)(=O)NC1CC1C. The Kier molecular flexibility index (Phi) is 3.83. The first-order valence-electron chi connectivity index (χ1n) is 7.68. The monoisotopic (exact) mass is 312 g/mol. The van der Waals surface area contributed by atoms with Crippen molar-refractivity contribution in [1.82, 2.24) is 19.8 Å². The molecule has 1 aromatic heterocycles. The first-order chi connectivity index (χ1) is 9.88. The Bertz CT molecular complexity index is 634. The van der Waals surface area contributed by atoms with Crippen LogP contribution in [0.5, 0.6) is 0 Å². The fourth-order valence-electron chi connectivity index (χ4n) is 2.69. The molecule has 6 nitrogen and oxygen atoms in total. The van der Waals surface area contributed by atoms with E-state index in [-0.39, 0.29) is 6.04 Å². The molecular weight excluding hydrogens is 288 g/mol. The normalized spacial score (nSPS) is 25.3. The summed E-state index contributed by atoms with van der Waals surface area (Å²) in [5.41, 5.74) is 1.31. The highest BCUT2D eigenvalue weighted by molar-refractivity contribution is 7.89. The van der Waals surface area contributed by atoms with E-state index in [1.807, 2.05) is 6.92 Å². The van der Waals surface area contributed by atoms with Gasteiger partial charge in [-0.1, -0.05) is 6.92 Å². The van der Waals surface area contributed by atoms with Crippen LogP contribution >= 0.6 is 0 Å². The number of sulfonamides is 1. The number of nitrogens with one attached hydrogen (secondary N) is 2. The van der Waals surface area contributed by atoms with Crippen molar-refractivity contribution in [2.75, 3.05) is 6.54 Å². The van der Waals surface area contributed by atoms with Crippen molar-refractivity contribution < 1.29 is 8.42 Å². The lowest BCUT2D eigenvalue weighted by Gasteiger charge is -2.08. The van der Waals surface area contributed by atoms with E-state index in [4.69, 9.17) is 0 Å². The summed E-state index contributed by atoms with van der Waals surface area (Å²) in [6.45, 7) is 7.20. The summed E-state index contributed by atoms with van der Waals surface area (Å²) >= 11 is 0. The van der Waals surface area contributed by atoms with E-state index in [2.05, 4.69) is 22.1 Å². The van der Waals surface area contributed by atoms with E-state index in [9.17, 15) is 8.42 Å². The topological polar surface area (TPSA) is 76.0 Å². The van der Waals surface area contributed by atoms with Crippen LogP contribution < -0.4 is 10.0 Å². The molecule has 2 atom stereocenters. The Morgan fingerprint density at radius 2 is 2.00 bits per heavy atom. The lowest BCUT2D eigenvalue weighted by molar-refractivity contribution is 0.539. The van der Waals surface area contributed by atoms with Crippen molar-refractivity contribution in [3.63, 3.8) is 0 Å². The summed E-state index contributed by atoms with van der Waals surface area (Å²) in [6, 6.07) is 0.747. The minimum Gasteiger partial charge on any atom is -0.312 e. The number of aryl methyl sites for hydroxylation is 1. The largest absolute Gasteiger partial charge is 0.312 e. The maximum atomic E-state index is 12.5. The molecule has 0 saturated heterocycles. The molecule has 0 aliphatic heterocycles. The van der Waals surface area contributed by atoms with Crippen LogP contribution in [0.25, 0.3) is 0 Å². The maximum absolute atomic E-state index is 12.5. The number of hydrogen-bond donors (Lipinski definition) is 2. The second kappa shape index (κ2) is 5.37. The van der Waals surface area contributed by atoms with Crippen molar-refractivity contribution in [1.29, 1.82) is 0 Å². The first kappa shape index (κ1) is 15.0. The molecule has 0 aromatic carbocycles. The van der Waals surface area contributed by atoms with Crippen LogP contribution in [0.2, 0.25) is 0 Å². The molecule has 0 radical (unpaired) electrons. The number of nitrogens with zero attached hydrogens (tertiary/aromatic N) is 2. The number of hydrogen-bond acceptors (Lipinski definition) is 4. The van der Waals surface area contributed by atoms with Gasteiger partial charge in [0.1, 0.15) is 4.90 Å². The molecule has 2 saturated carbocycles. The summed E-state index contributed by atoms with van der Waals surface area (Å²) in [5.74, 6) is 0.443. The molecule has 2 fully saturated rings. The molecule has 2 unspecified atom stereocenters. The number of rotatable bonds is 7. The van der Waals surface area contributed by atoms with Crippen LogP contribution in [0.4, 0.5) is 0 Å². The summed E-state index contributed by atoms with van der Waals surface area (Å²) in [7, 11) is -3.45. The molecule has 21 heavy (non-hydrogen) atoms. The molecule has 7 heteroatoms. The van der Waals surface area contributed by atoms with E-state index >= 15 is 0 Å². The van der Waals surface area contributed by atoms with Crippen LogP contribution in [0.3, 0.4) is 0 Å². The van der Waals surface area contributed by atoms with Crippen LogP contribution in [-0.4, -0.2) is 36.8 Å². The third-order valence-corrected chi connectivity index (χ3v) is 6.08. The van der Waals surface area contributed by atoms with Gasteiger partial charge in [-0.3, -0.25) is 4.68 Å². The Balaban J connectivity index is 1.73. The molecule has 0 spiro atoms. The van der Waals surface area contributed by atoms with Gasteiger partial charge in [0.2, 0.25) is 10.0 Å². The minimum atomic E-state index is -3.45. The van der Waals surface area contributed by atoms with Crippen molar-refractivity contribution in [2.45, 2.75) is 63.6 Å². The molecule has 2 N–H and O–H groups in total. The first-order valence-corrected chi connectivity index (χ1v) is 9.16. The predicted molar refractivity (Wildman–Crippen MR) is 80.6 cm³/mol. The van der Waals surface area contributed by atoms with Crippen LogP contribution in [0.1, 0.15) is 37.6 Å². The smallest absolute Gasteiger partial charge is 0.244 e. The molecule has 0 bridgehead atoms. The van der Waals surface area contributed by atoms with Gasteiger partial charge in [0.05, 0.1) is 17.9 Å². The fraction of sp³-hybridized carbons (Fsp3) is 0.786. The molecule has 1 heterocycles. The second-order valence-corrected chi connectivity index (χ2v) is 8.04. The lowest BCUT2D eigenvalue weighted by Crippen LogP contribution is -2.28. The quantitative estimate of drug-likeness (QED) is 0.785. The zero-order chi connectivity index (χ0) is 15.2. The van der Waals surface area contributed by atoms with Gasteiger partial charge in [0.15, 0.2) is 0 Å². The van der Waals surface area contributed by atoms with Gasteiger partial charge in [-0.2, -0.15) is 5.10 Å². The molecule has 1 aromatic rings. The van der Waals surface area contributed by atoms with Gasteiger partial charge in [0.25, 0.3) is 0 Å². The Morgan fingerprint density at radius 3 is 2.57 bits per heavy atom.